The number of carbonyl (C=O) groups is 1. The summed E-state index contributed by atoms with van der Waals surface area (Å²) in [5.74, 6) is 0.174. The number of benzene rings is 2. The lowest BCUT2D eigenvalue weighted by Crippen LogP contribution is -2.24. The second-order valence-corrected chi connectivity index (χ2v) is 6.82. The number of pyridine rings is 1. The molecule has 5 nitrogen and oxygen atoms in total. The van der Waals surface area contributed by atoms with E-state index in [1.807, 2.05) is 38.1 Å². The topological polar surface area (TPSA) is 63.6 Å². The van der Waals surface area contributed by atoms with Crippen LogP contribution in [0, 0.1) is 13.8 Å². The third-order valence-electron chi connectivity index (χ3n) is 3.85. The highest BCUT2D eigenvalue weighted by Crippen LogP contribution is 2.21. The van der Waals surface area contributed by atoms with Gasteiger partial charge in [-0.3, -0.25) is 4.79 Å². The number of halogens is 2. The maximum atomic E-state index is 11.9. The normalized spacial score (nSPS) is 11.1. The third kappa shape index (κ3) is 4.96. The zero-order chi connectivity index (χ0) is 19.4. The highest BCUT2D eigenvalue weighted by Gasteiger charge is 2.05. The Kier molecular flexibility index (Phi) is 5.94. The largest absolute Gasteiger partial charge is 0.484 e. The van der Waals surface area contributed by atoms with E-state index in [1.54, 1.807) is 18.2 Å². The average Bonchev–Trinajstić information content (AvgIpc) is 2.63. The zero-order valence-corrected chi connectivity index (χ0v) is 16.3. The van der Waals surface area contributed by atoms with Crippen molar-refractivity contribution in [3.05, 3.63) is 69.3 Å². The summed E-state index contributed by atoms with van der Waals surface area (Å²) >= 11 is 12.1. The summed E-state index contributed by atoms with van der Waals surface area (Å²) in [4.78, 5) is 16.2. The zero-order valence-electron chi connectivity index (χ0n) is 14.8. The summed E-state index contributed by atoms with van der Waals surface area (Å²) in [7, 11) is 0. The molecule has 2 aromatic carbocycles. The Morgan fingerprint density at radius 3 is 2.78 bits per heavy atom. The number of amides is 1. The van der Waals surface area contributed by atoms with Gasteiger partial charge in [0.1, 0.15) is 10.9 Å². The molecule has 0 aliphatic carbocycles. The van der Waals surface area contributed by atoms with Gasteiger partial charge in [-0.25, -0.2) is 10.4 Å². The van der Waals surface area contributed by atoms with Crippen LogP contribution in [0.1, 0.15) is 16.7 Å². The molecule has 1 N–H and O–H groups in total. The van der Waals surface area contributed by atoms with Crippen molar-refractivity contribution in [1.29, 1.82) is 0 Å². The van der Waals surface area contributed by atoms with E-state index in [-0.39, 0.29) is 12.5 Å². The maximum Gasteiger partial charge on any atom is 0.277 e. The number of carbonyl (C=O) groups excluding carboxylic acids is 1. The first-order chi connectivity index (χ1) is 12.9. The number of hydrogen-bond donors (Lipinski definition) is 1. The van der Waals surface area contributed by atoms with Crippen LogP contribution in [0.4, 0.5) is 0 Å². The molecule has 0 radical (unpaired) electrons. The van der Waals surface area contributed by atoms with Crippen LogP contribution in [0.5, 0.6) is 5.75 Å². The van der Waals surface area contributed by atoms with Gasteiger partial charge in [-0.1, -0.05) is 35.3 Å². The van der Waals surface area contributed by atoms with E-state index >= 15 is 0 Å². The average molecular weight is 402 g/mol. The molecule has 7 heteroatoms. The number of aromatic nitrogens is 1. The highest BCUT2D eigenvalue weighted by atomic mass is 35.5. The second-order valence-electron chi connectivity index (χ2n) is 6.06. The maximum absolute atomic E-state index is 11.9. The van der Waals surface area contributed by atoms with Crippen LogP contribution in [0.25, 0.3) is 10.9 Å². The lowest BCUT2D eigenvalue weighted by Gasteiger charge is -2.06. The van der Waals surface area contributed by atoms with E-state index in [4.69, 9.17) is 27.9 Å². The molecule has 3 aromatic rings. The summed E-state index contributed by atoms with van der Waals surface area (Å²) in [6.07, 6.45) is 1.46. The number of aryl methyl sites for hydroxylation is 2. The van der Waals surface area contributed by atoms with Crippen molar-refractivity contribution in [1.82, 2.24) is 10.4 Å². The van der Waals surface area contributed by atoms with E-state index in [0.29, 0.717) is 21.5 Å². The van der Waals surface area contributed by atoms with Gasteiger partial charge in [-0.2, -0.15) is 5.10 Å². The monoisotopic (exact) mass is 401 g/mol. The Morgan fingerprint density at radius 1 is 1.19 bits per heavy atom. The molecule has 0 aliphatic heterocycles. The molecule has 0 fully saturated rings. The molecule has 0 unspecified atom stereocenters. The van der Waals surface area contributed by atoms with Gasteiger partial charge in [0.15, 0.2) is 6.61 Å². The van der Waals surface area contributed by atoms with Gasteiger partial charge < -0.3 is 4.74 Å². The summed E-state index contributed by atoms with van der Waals surface area (Å²) in [5, 5.41) is 5.83. The minimum absolute atomic E-state index is 0.165. The van der Waals surface area contributed by atoms with E-state index in [9.17, 15) is 4.79 Å². The van der Waals surface area contributed by atoms with Crippen molar-refractivity contribution in [2.45, 2.75) is 13.8 Å². The highest BCUT2D eigenvalue weighted by molar-refractivity contribution is 6.32. The fourth-order valence-corrected chi connectivity index (χ4v) is 2.73. The molecule has 0 saturated heterocycles. The molecule has 1 heterocycles. The van der Waals surface area contributed by atoms with Crippen molar-refractivity contribution in [3.63, 3.8) is 0 Å². The molecular formula is C20H17Cl2N3O2. The smallest absolute Gasteiger partial charge is 0.277 e. The molecule has 0 atom stereocenters. The van der Waals surface area contributed by atoms with Gasteiger partial charge in [0.25, 0.3) is 5.91 Å². The molecule has 3 rings (SSSR count). The SMILES string of the molecule is Cc1ccc2cc(/C=N\NC(=O)COc3ccc(Cl)c(C)c3)c(Cl)nc2c1. The van der Waals surface area contributed by atoms with Gasteiger partial charge in [0, 0.05) is 16.0 Å². The third-order valence-corrected chi connectivity index (χ3v) is 4.57. The molecule has 1 amide bonds. The number of rotatable bonds is 5. The fraction of sp³-hybridized carbons (Fsp3) is 0.150. The summed E-state index contributed by atoms with van der Waals surface area (Å²) in [6.45, 7) is 3.69. The van der Waals surface area contributed by atoms with Gasteiger partial charge in [0.05, 0.1) is 11.7 Å². The predicted octanol–water partition coefficient (Wildman–Crippen LogP) is 4.69. The molecule has 0 aliphatic rings. The quantitative estimate of drug-likeness (QED) is 0.383. The molecule has 1 aromatic heterocycles. The van der Waals surface area contributed by atoms with Crippen LogP contribution in [-0.2, 0) is 4.79 Å². The summed E-state index contributed by atoms with van der Waals surface area (Å²) in [6, 6.07) is 13.0. The van der Waals surface area contributed by atoms with E-state index in [2.05, 4.69) is 15.5 Å². The molecule has 27 heavy (non-hydrogen) atoms. The molecular weight excluding hydrogens is 385 g/mol. The van der Waals surface area contributed by atoms with Crippen LogP contribution in [0.3, 0.4) is 0 Å². The van der Waals surface area contributed by atoms with Crippen molar-refractivity contribution in [3.8, 4) is 5.75 Å². The van der Waals surface area contributed by atoms with E-state index in [1.165, 1.54) is 6.21 Å². The summed E-state index contributed by atoms with van der Waals surface area (Å²) in [5.41, 5.74) is 5.81. The van der Waals surface area contributed by atoms with Crippen LogP contribution in [0.2, 0.25) is 10.2 Å². The first kappa shape index (κ1) is 19.1. The Morgan fingerprint density at radius 2 is 2.00 bits per heavy atom. The number of ether oxygens (including phenoxy) is 1. The number of fused-ring (bicyclic) bond motifs is 1. The van der Waals surface area contributed by atoms with Crippen molar-refractivity contribution >= 4 is 46.2 Å². The fourth-order valence-electron chi connectivity index (χ4n) is 2.42. The molecule has 138 valence electrons. The van der Waals surface area contributed by atoms with Crippen LogP contribution in [-0.4, -0.2) is 23.7 Å². The second kappa shape index (κ2) is 8.37. The minimum atomic E-state index is -0.389. The first-order valence-electron chi connectivity index (χ1n) is 8.20. The number of hydrogen-bond acceptors (Lipinski definition) is 4. The Hall–Kier alpha value is -2.63. The van der Waals surface area contributed by atoms with E-state index in [0.717, 1.165) is 22.0 Å². The van der Waals surface area contributed by atoms with Gasteiger partial charge in [-0.05, 0) is 55.3 Å². The Bertz CT molecular complexity index is 1040. The van der Waals surface area contributed by atoms with Crippen LogP contribution < -0.4 is 10.2 Å². The minimum Gasteiger partial charge on any atom is -0.484 e. The van der Waals surface area contributed by atoms with Crippen molar-refractivity contribution in [2.24, 2.45) is 5.10 Å². The lowest BCUT2D eigenvalue weighted by molar-refractivity contribution is -0.123. The molecule has 0 spiro atoms. The predicted molar refractivity (Wildman–Crippen MR) is 109 cm³/mol. The summed E-state index contributed by atoms with van der Waals surface area (Å²) < 4.78 is 5.42. The van der Waals surface area contributed by atoms with Gasteiger partial charge in [-0.15, -0.1) is 0 Å². The lowest BCUT2D eigenvalue weighted by atomic mass is 10.1. The first-order valence-corrected chi connectivity index (χ1v) is 8.96. The van der Waals surface area contributed by atoms with Gasteiger partial charge in [0.2, 0.25) is 0 Å². The number of nitrogens with one attached hydrogen (secondary N) is 1. The van der Waals surface area contributed by atoms with Crippen LogP contribution in [0.15, 0.2) is 47.6 Å². The Labute approximate surface area is 167 Å². The Balaban J connectivity index is 1.60. The molecule has 0 bridgehead atoms. The number of nitrogens with zero attached hydrogens (tertiary/aromatic N) is 2. The molecule has 0 saturated carbocycles. The van der Waals surface area contributed by atoms with Gasteiger partial charge >= 0.3 is 0 Å². The van der Waals surface area contributed by atoms with Crippen molar-refractivity contribution in [2.75, 3.05) is 6.61 Å². The van der Waals surface area contributed by atoms with Crippen LogP contribution >= 0.6 is 23.2 Å². The van der Waals surface area contributed by atoms with Crippen molar-refractivity contribution < 1.29 is 9.53 Å². The number of hydrazone groups is 1. The van der Waals surface area contributed by atoms with E-state index < -0.39 is 0 Å². The standard InChI is InChI=1S/C20H17Cl2N3O2/c1-12-3-4-14-9-15(20(22)24-18(14)7-12)10-23-25-19(26)11-27-16-5-6-17(21)13(2)8-16/h3-10H,11H2,1-2H3,(H,25,26)/b23-10-.